The van der Waals surface area contributed by atoms with Crippen molar-refractivity contribution >= 4 is 33.2 Å². The lowest BCUT2D eigenvalue weighted by Crippen LogP contribution is -2.31. The molecular formula is C14H15BrN4O2. The highest BCUT2D eigenvalue weighted by Crippen LogP contribution is 2.24. The SMILES string of the molecule is Cc1cc(C)n(CC(=O)Nc2ccc(N)cc2Br)c(=O)n1. The van der Waals surface area contributed by atoms with Gasteiger partial charge in [0.2, 0.25) is 5.91 Å². The van der Waals surface area contributed by atoms with E-state index >= 15 is 0 Å². The molecule has 7 heteroatoms. The molecule has 0 unspecified atom stereocenters. The summed E-state index contributed by atoms with van der Waals surface area (Å²) in [4.78, 5) is 27.7. The number of benzene rings is 1. The predicted molar refractivity (Wildman–Crippen MR) is 85.2 cm³/mol. The number of hydrogen-bond acceptors (Lipinski definition) is 4. The lowest BCUT2D eigenvalue weighted by Gasteiger charge is -2.11. The molecule has 0 spiro atoms. The van der Waals surface area contributed by atoms with E-state index in [1.165, 1.54) is 4.57 Å². The Morgan fingerprint density at radius 3 is 2.71 bits per heavy atom. The summed E-state index contributed by atoms with van der Waals surface area (Å²) in [7, 11) is 0. The molecule has 0 radical (unpaired) electrons. The van der Waals surface area contributed by atoms with Gasteiger partial charge in [-0.3, -0.25) is 9.36 Å². The lowest BCUT2D eigenvalue weighted by atomic mass is 10.3. The topological polar surface area (TPSA) is 90.0 Å². The number of nitrogen functional groups attached to an aromatic ring is 1. The maximum Gasteiger partial charge on any atom is 0.348 e. The number of carbonyl (C=O) groups excluding carboxylic acids is 1. The van der Waals surface area contributed by atoms with Crippen molar-refractivity contribution in [3.8, 4) is 0 Å². The molecule has 0 bridgehead atoms. The second-order valence-corrected chi connectivity index (χ2v) is 5.55. The summed E-state index contributed by atoms with van der Waals surface area (Å²) in [6.45, 7) is 3.42. The van der Waals surface area contributed by atoms with Crippen LogP contribution in [0.4, 0.5) is 11.4 Å². The normalized spacial score (nSPS) is 10.4. The van der Waals surface area contributed by atoms with E-state index in [1.807, 2.05) is 0 Å². The van der Waals surface area contributed by atoms with E-state index in [1.54, 1.807) is 38.1 Å². The van der Waals surface area contributed by atoms with E-state index in [4.69, 9.17) is 5.73 Å². The number of rotatable bonds is 3. The number of aromatic nitrogens is 2. The first kappa shape index (κ1) is 15.2. The average molecular weight is 351 g/mol. The minimum Gasteiger partial charge on any atom is -0.399 e. The Labute approximate surface area is 130 Å². The van der Waals surface area contributed by atoms with Crippen LogP contribution in [0.25, 0.3) is 0 Å². The largest absolute Gasteiger partial charge is 0.399 e. The van der Waals surface area contributed by atoms with Crippen LogP contribution in [0.2, 0.25) is 0 Å². The van der Waals surface area contributed by atoms with Crippen molar-refractivity contribution in [1.82, 2.24) is 9.55 Å². The third-order valence-electron chi connectivity index (χ3n) is 2.92. The zero-order valence-electron chi connectivity index (χ0n) is 11.7. The number of nitrogens with zero attached hydrogens (tertiary/aromatic N) is 2. The lowest BCUT2D eigenvalue weighted by molar-refractivity contribution is -0.116. The molecule has 0 aliphatic rings. The highest BCUT2D eigenvalue weighted by Gasteiger charge is 2.10. The van der Waals surface area contributed by atoms with Crippen LogP contribution in [0.1, 0.15) is 11.4 Å². The van der Waals surface area contributed by atoms with Gasteiger partial charge in [0.1, 0.15) is 6.54 Å². The van der Waals surface area contributed by atoms with Crippen LogP contribution < -0.4 is 16.7 Å². The van der Waals surface area contributed by atoms with Gasteiger partial charge in [-0.2, -0.15) is 4.98 Å². The smallest absolute Gasteiger partial charge is 0.348 e. The van der Waals surface area contributed by atoms with Crippen molar-refractivity contribution in [2.24, 2.45) is 0 Å². The maximum atomic E-state index is 12.1. The molecule has 6 nitrogen and oxygen atoms in total. The molecule has 0 saturated heterocycles. The van der Waals surface area contributed by atoms with E-state index in [-0.39, 0.29) is 12.5 Å². The van der Waals surface area contributed by atoms with Crippen molar-refractivity contribution in [3.63, 3.8) is 0 Å². The quantitative estimate of drug-likeness (QED) is 0.826. The Balaban J connectivity index is 2.18. The molecule has 2 rings (SSSR count). The molecule has 110 valence electrons. The molecule has 1 aromatic carbocycles. The molecule has 0 fully saturated rings. The predicted octanol–water partition coefficient (Wildman–Crippen LogP) is 1.84. The number of amides is 1. The number of halogens is 1. The Morgan fingerprint density at radius 2 is 2.10 bits per heavy atom. The zero-order chi connectivity index (χ0) is 15.6. The standard InChI is InChI=1S/C14H15BrN4O2/c1-8-5-9(2)19(14(21)17-8)7-13(20)18-12-4-3-10(16)6-11(12)15/h3-6H,7,16H2,1-2H3,(H,18,20). The number of aryl methyl sites for hydroxylation is 2. The van der Waals surface area contributed by atoms with Crippen LogP contribution in [0.15, 0.2) is 33.5 Å². The van der Waals surface area contributed by atoms with E-state index < -0.39 is 5.69 Å². The summed E-state index contributed by atoms with van der Waals surface area (Å²) in [5, 5.41) is 2.73. The minimum absolute atomic E-state index is 0.0885. The van der Waals surface area contributed by atoms with Crippen molar-refractivity contribution in [3.05, 3.63) is 50.6 Å². The fourth-order valence-corrected chi connectivity index (χ4v) is 2.43. The van der Waals surface area contributed by atoms with Gasteiger partial charge in [-0.05, 0) is 54.0 Å². The van der Waals surface area contributed by atoms with Gasteiger partial charge in [0.25, 0.3) is 0 Å². The fourth-order valence-electron chi connectivity index (χ4n) is 1.93. The summed E-state index contributed by atoms with van der Waals surface area (Å²) in [5.74, 6) is -0.309. The van der Waals surface area contributed by atoms with Gasteiger partial charge in [0.15, 0.2) is 0 Å². The molecule has 0 aliphatic carbocycles. The number of nitrogens with one attached hydrogen (secondary N) is 1. The van der Waals surface area contributed by atoms with Gasteiger partial charge in [-0.15, -0.1) is 0 Å². The monoisotopic (exact) mass is 350 g/mol. The first-order valence-corrected chi connectivity index (χ1v) is 7.06. The number of carbonyl (C=O) groups is 1. The van der Waals surface area contributed by atoms with Crippen LogP contribution in [-0.2, 0) is 11.3 Å². The van der Waals surface area contributed by atoms with E-state index in [9.17, 15) is 9.59 Å². The van der Waals surface area contributed by atoms with Crippen molar-refractivity contribution in [1.29, 1.82) is 0 Å². The van der Waals surface area contributed by atoms with Gasteiger partial charge in [0.05, 0.1) is 5.69 Å². The molecule has 0 saturated carbocycles. The van der Waals surface area contributed by atoms with Crippen LogP contribution >= 0.6 is 15.9 Å². The average Bonchev–Trinajstić information content (AvgIpc) is 2.37. The first-order valence-electron chi connectivity index (χ1n) is 6.27. The molecule has 1 amide bonds. The van der Waals surface area contributed by atoms with Crippen LogP contribution in [0.5, 0.6) is 0 Å². The summed E-state index contributed by atoms with van der Waals surface area (Å²) in [6.07, 6.45) is 0. The molecular weight excluding hydrogens is 336 g/mol. The van der Waals surface area contributed by atoms with Crippen molar-refractivity contribution in [2.75, 3.05) is 11.1 Å². The Bertz CT molecular complexity index is 755. The molecule has 21 heavy (non-hydrogen) atoms. The maximum absolute atomic E-state index is 12.1. The Morgan fingerprint density at radius 1 is 1.38 bits per heavy atom. The molecule has 0 aliphatic heterocycles. The summed E-state index contributed by atoms with van der Waals surface area (Å²) >= 11 is 3.32. The third-order valence-corrected chi connectivity index (χ3v) is 3.57. The Kier molecular flexibility index (Phi) is 4.42. The second-order valence-electron chi connectivity index (χ2n) is 4.70. The van der Waals surface area contributed by atoms with Gasteiger partial charge >= 0.3 is 5.69 Å². The van der Waals surface area contributed by atoms with Crippen molar-refractivity contribution in [2.45, 2.75) is 20.4 Å². The highest BCUT2D eigenvalue weighted by atomic mass is 79.9. The zero-order valence-corrected chi connectivity index (χ0v) is 13.3. The first-order chi connectivity index (χ1) is 9.86. The number of hydrogen-bond donors (Lipinski definition) is 2. The molecule has 3 N–H and O–H groups in total. The summed E-state index contributed by atoms with van der Waals surface area (Å²) in [5.41, 5.74) is 7.73. The van der Waals surface area contributed by atoms with Gasteiger partial charge in [-0.25, -0.2) is 4.79 Å². The summed E-state index contributed by atoms with van der Waals surface area (Å²) in [6, 6.07) is 6.83. The third kappa shape index (κ3) is 3.69. The number of anilines is 2. The van der Waals surface area contributed by atoms with Crippen molar-refractivity contribution < 1.29 is 4.79 Å². The number of nitrogens with two attached hydrogens (primary N) is 1. The van der Waals surface area contributed by atoms with E-state index in [0.29, 0.717) is 27.2 Å². The minimum atomic E-state index is -0.431. The molecule has 1 aromatic heterocycles. The molecule has 0 atom stereocenters. The molecule has 2 aromatic rings. The second kappa shape index (κ2) is 6.09. The fraction of sp³-hybridized carbons (Fsp3) is 0.214. The van der Waals surface area contributed by atoms with Gasteiger partial charge in [0, 0.05) is 21.5 Å². The summed E-state index contributed by atoms with van der Waals surface area (Å²) < 4.78 is 2.01. The van der Waals surface area contributed by atoms with Crippen LogP contribution in [0.3, 0.4) is 0 Å². The van der Waals surface area contributed by atoms with Gasteiger partial charge < -0.3 is 11.1 Å². The van der Waals surface area contributed by atoms with E-state index in [2.05, 4.69) is 26.2 Å². The van der Waals surface area contributed by atoms with E-state index in [0.717, 1.165) is 0 Å². The van der Waals surface area contributed by atoms with Crippen LogP contribution in [0, 0.1) is 13.8 Å². The Hall–Kier alpha value is -2.15. The molecule has 1 heterocycles. The van der Waals surface area contributed by atoms with Crippen LogP contribution in [-0.4, -0.2) is 15.5 Å². The highest BCUT2D eigenvalue weighted by molar-refractivity contribution is 9.10. The van der Waals surface area contributed by atoms with Gasteiger partial charge in [-0.1, -0.05) is 0 Å².